The van der Waals surface area contributed by atoms with Gasteiger partial charge in [0.1, 0.15) is 0 Å². The summed E-state index contributed by atoms with van der Waals surface area (Å²) in [4.78, 5) is 4.89. The fourth-order valence-corrected chi connectivity index (χ4v) is 4.30. The Hall–Kier alpha value is -0.590. The standard InChI is InChI=1S/C10H13ClN2O2S2/c1-6-8(17(11,14)15)13-7(10(2,3)4)5-16-9(13)12-6/h5H,1-4H3. The number of aryl methyl sites for hydroxylation is 1. The summed E-state index contributed by atoms with van der Waals surface area (Å²) >= 11 is 1.42. The molecule has 2 aromatic heterocycles. The molecule has 0 aromatic carbocycles. The minimum Gasteiger partial charge on any atom is -0.276 e. The van der Waals surface area contributed by atoms with Gasteiger partial charge >= 0.3 is 0 Å². The predicted molar refractivity (Wildman–Crippen MR) is 69.5 cm³/mol. The average Bonchev–Trinajstić information content (AvgIpc) is 2.55. The number of rotatable bonds is 1. The van der Waals surface area contributed by atoms with Crippen LogP contribution in [0.1, 0.15) is 32.2 Å². The minimum atomic E-state index is -3.79. The largest absolute Gasteiger partial charge is 0.279 e. The molecule has 17 heavy (non-hydrogen) atoms. The third kappa shape index (κ3) is 2.09. The van der Waals surface area contributed by atoms with Gasteiger partial charge in [-0.1, -0.05) is 20.8 Å². The molecule has 0 atom stereocenters. The number of nitrogens with zero attached hydrogens (tertiary/aromatic N) is 2. The lowest BCUT2D eigenvalue weighted by molar-refractivity contribution is 0.553. The van der Waals surface area contributed by atoms with Crippen molar-refractivity contribution in [2.75, 3.05) is 0 Å². The molecule has 4 nitrogen and oxygen atoms in total. The van der Waals surface area contributed by atoms with Gasteiger partial charge in [-0.05, 0) is 6.92 Å². The third-order valence-electron chi connectivity index (χ3n) is 2.48. The molecule has 0 radical (unpaired) electrons. The quantitative estimate of drug-likeness (QED) is 0.759. The molecule has 0 aliphatic rings. The van der Waals surface area contributed by atoms with Crippen LogP contribution in [0.25, 0.3) is 4.96 Å². The van der Waals surface area contributed by atoms with Gasteiger partial charge in [-0.15, -0.1) is 11.3 Å². The van der Waals surface area contributed by atoms with Crippen molar-refractivity contribution in [3.63, 3.8) is 0 Å². The molecule has 0 saturated carbocycles. The Morgan fingerprint density at radius 1 is 1.41 bits per heavy atom. The lowest BCUT2D eigenvalue weighted by Crippen LogP contribution is -2.15. The first-order valence-electron chi connectivity index (χ1n) is 5.04. The highest BCUT2D eigenvalue weighted by Gasteiger charge is 2.27. The summed E-state index contributed by atoms with van der Waals surface area (Å²) < 4.78 is 24.9. The predicted octanol–water partition coefficient (Wildman–Crippen LogP) is 2.93. The van der Waals surface area contributed by atoms with E-state index in [1.54, 1.807) is 11.3 Å². The molecule has 0 amide bonds. The van der Waals surface area contributed by atoms with Crippen molar-refractivity contribution in [1.82, 2.24) is 9.38 Å². The van der Waals surface area contributed by atoms with E-state index < -0.39 is 9.05 Å². The first-order valence-corrected chi connectivity index (χ1v) is 8.23. The first kappa shape index (κ1) is 12.9. The number of hydrogen-bond acceptors (Lipinski definition) is 4. The molecule has 0 aliphatic heterocycles. The van der Waals surface area contributed by atoms with Crippen LogP contribution >= 0.6 is 22.0 Å². The number of halogens is 1. The van der Waals surface area contributed by atoms with Gasteiger partial charge in [0, 0.05) is 27.2 Å². The summed E-state index contributed by atoms with van der Waals surface area (Å²) in [5, 5.41) is 2.01. The van der Waals surface area contributed by atoms with Gasteiger partial charge in [-0.25, -0.2) is 13.4 Å². The molecule has 7 heteroatoms. The van der Waals surface area contributed by atoms with E-state index in [1.807, 2.05) is 26.2 Å². The number of imidazole rings is 1. The van der Waals surface area contributed by atoms with E-state index in [9.17, 15) is 8.42 Å². The molecule has 0 unspecified atom stereocenters. The summed E-state index contributed by atoms with van der Waals surface area (Å²) in [6.07, 6.45) is 0. The molecule has 0 aliphatic carbocycles. The van der Waals surface area contributed by atoms with Crippen LogP contribution in [-0.2, 0) is 14.5 Å². The van der Waals surface area contributed by atoms with Gasteiger partial charge in [-0.3, -0.25) is 4.40 Å². The van der Waals surface area contributed by atoms with E-state index in [0.717, 1.165) is 5.69 Å². The Labute approximate surface area is 109 Å². The number of hydrogen-bond donors (Lipinski definition) is 0. The van der Waals surface area contributed by atoms with Crippen LogP contribution in [0.5, 0.6) is 0 Å². The van der Waals surface area contributed by atoms with E-state index >= 15 is 0 Å². The van der Waals surface area contributed by atoms with Gasteiger partial charge in [0.15, 0.2) is 9.99 Å². The van der Waals surface area contributed by atoms with E-state index in [0.29, 0.717) is 10.7 Å². The van der Waals surface area contributed by atoms with Gasteiger partial charge in [-0.2, -0.15) is 0 Å². The van der Waals surface area contributed by atoms with Crippen molar-refractivity contribution in [2.45, 2.75) is 38.1 Å². The lowest BCUT2D eigenvalue weighted by atomic mass is 9.93. The average molecular weight is 293 g/mol. The number of aromatic nitrogens is 2. The van der Waals surface area contributed by atoms with Crippen LogP contribution in [-0.4, -0.2) is 17.8 Å². The maximum absolute atomic E-state index is 11.6. The Bertz CT molecular complexity index is 677. The van der Waals surface area contributed by atoms with E-state index in [-0.39, 0.29) is 10.4 Å². The normalized spacial score (nSPS) is 13.5. The highest BCUT2D eigenvalue weighted by Crippen LogP contribution is 2.32. The summed E-state index contributed by atoms with van der Waals surface area (Å²) in [7, 11) is 1.69. The Balaban J connectivity index is 2.93. The van der Waals surface area contributed by atoms with Gasteiger partial charge in [0.2, 0.25) is 0 Å². The second-order valence-electron chi connectivity index (χ2n) is 4.93. The molecule has 0 bridgehead atoms. The summed E-state index contributed by atoms with van der Waals surface area (Å²) in [6, 6.07) is 0. The zero-order valence-corrected chi connectivity index (χ0v) is 12.4. The molecule has 0 N–H and O–H groups in total. The van der Waals surface area contributed by atoms with Gasteiger partial charge in [0.05, 0.1) is 5.69 Å². The minimum absolute atomic E-state index is 0.0836. The topological polar surface area (TPSA) is 51.4 Å². The highest BCUT2D eigenvalue weighted by molar-refractivity contribution is 8.13. The smallest absolute Gasteiger partial charge is 0.276 e. The van der Waals surface area contributed by atoms with E-state index in [2.05, 4.69) is 4.98 Å². The van der Waals surface area contributed by atoms with Crippen molar-refractivity contribution in [1.29, 1.82) is 0 Å². The molecule has 2 aromatic rings. The van der Waals surface area contributed by atoms with Crippen molar-refractivity contribution >= 4 is 36.0 Å². The van der Waals surface area contributed by atoms with Crippen LogP contribution in [0.15, 0.2) is 10.4 Å². The summed E-state index contributed by atoms with van der Waals surface area (Å²) in [5.74, 6) is 0. The Kier molecular flexibility index (Phi) is 2.80. The maximum atomic E-state index is 11.6. The van der Waals surface area contributed by atoms with Crippen molar-refractivity contribution in [2.24, 2.45) is 0 Å². The molecule has 94 valence electrons. The zero-order chi connectivity index (χ0) is 13.0. The third-order valence-corrected chi connectivity index (χ3v) is 4.69. The molecule has 2 heterocycles. The van der Waals surface area contributed by atoms with Crippen LogP contribution in [0.3, 0.4) is 0 Å². The van der Waals surface area contributed by atoms with Crippen molar-refractivity contribution in [3.05, 3.63) is 16.8 Å². The fourth-order valence-electron chi connectivity index (χ4n) is 1.74. The lowest BCUT2D eigenvalue weighted by Gasteiger charge is -2.17. The zero-order valence-electron chi connectivity index (χ0n) is 9.98. The molecule has 0 spiro atoms. The highest BCUT2D eigenvalue weighted by atomic mass is 35.7. The van der Waals surface area contributed by atoms with E-state index in [4.69, 9.17) is 10.7 Å². The molecule has 0 fully saturated rings. The SMILES string of the molecule is Cc1nc2scc(C(C)(C)C)n2c1S(=O)(=O)Cl. The molecular weight excluding hydrogens is 280 g/mol. The monoisotopic (exact) mass is 292 g/mol. The Morgan fingerprint density at radius 3 is 2.47 bits per heavy atom. The summed E-state index contributed by atoms with van der Waals surface area (Å²) in [5.41, 5.74) is 1.18. The second kappa shape index (κ2) is 3.70. The maximum Gasteiger partial charge on any atom is 0.279 e. The van der Waals surface area contributed by atoms with Crippen LogP contribution in [0.2, 0.25) is 0 Å². The molecule has 0 saturated heterocycles. The molecule has 2 rings (SSSR count). The van der Waals surface area contributed by atoms with Crippen LogP contribution in [0.4, 0.5) is 0 Å². The van der Waals surface area contributed by atoms with Crippen LogP contribution < -0.4 is 0 Å². The first-order chi connectivity index (χ1) is 7.62. The van der Waals surface area contributed by atoms with Crippen molar-refractivity contribution in [3.8, 4) is 0 Å². The van der Waals surface area contributed by atoms with Crippen molar-refractivity contribution < 1.29 is 8.42 Å². The summed E-state index contributed by atoms with van der Waals surface area (Å²) in [6.45, 7) is 7.72. The Morgan fingerprint density at radius 2 is 2.00 bits per heavy atom. The van der Waals surface area contributed by atoms with Crippen LogP contribution in [0, 0.1) is 6.92 Å². The van der Waals surface area contributed by atoms with Gasteiger partial charge < -0.3 is 0 Å². The number of thiazole rings is 1. The van der Waals surface area contributed by atoms with E-state index in [1.165, 1.54) is 11.3 Å². The number of fused-ring (bicyclic) bond motifs is 1. The molecular formula is C10H13ClN2O2S2. The fraction of sp³-hybridized carbons (Fsp3) is 0.500. The second-order valence-corrected chi connectivity index (χ2v) is 8.25. The van der Waals surface area contributed by atoms with Gasteiger partial charge in [0.25, 0.3) is 9.05 Å².